The number of nitrogens with one attached hydrogen (secondary N) is 6. The van der Waals surface area contributed by atoms with Crippen LogP contribution >= 0.6 is 0 Å². The molecule has 16 nitrogen and oxygen atoms in total. The Labute approximate surface area is 203 Å². The molecule has 0 bridgehead atoms. The van der Waals surface area contributed by atoms with E-state index in [0.29, 0.717) is 0 Å². The van der Waals surface area contributed by atoms with Crippen molar-refractivity contribution in [1.29, 1.82) is 0 Å². The quantitative estimate of drug-likeness (QED) is 0.218. The Morgan fingerprint density at radius 2 is 0.882 bits per heavy atom. The Balaban J connectivity index is -0.0000000697. The van der Waals surface area contributed by atoms with Gasteiger partial charge in [-0.1, -0.05) is 0 Å². The van der Waals surface area contributed by atoms with E-state index in [0.717, 1.165) is 6.26 Å². The molecule has 34 heavy (non-hydrogen) atoms. The molecule has 0 spiro atoms. The second kappa shape index (κ2) is 30.5. The van der Waals surface area contributed by atoms with Crippen LogP contribution in [0.15, 0.2) is 0 Å². The van der Waals surface area contributed by atoms with Crippen molar-refractivity contribution in [3.05, 3.63) is 0 Å². The number of rotatable bonds is 3. The van der Waals surface area contributed by atoms with Crippen LogP contribution in [0.25, 0.3) is 0 Å². The van der Waals surface area contributed by atoms with Crippen LogP contribution in [0.4, 0.5) is 9.59 Å². The number of alkyl carbamates (subject to hydrolysis) is 1. The number of amides is 3. The SMILES string of the molecule is CC(C)=O.CNC(=O)NC.CNC(=O)OC.CNS(=O)(=O)NC.CNS(C)(=O)=O.COC(C)=O. The standard InChI is InChI=1S/C3H8N2O.C3H7NO2.C3H6O2.C3H6O.C2H8N2O2S.C2H7NO2S/c1-4-3(6)5-2;1-4-3(5)6-2;1-3(4)5-2;1-3(2)4;1-3-7(5,6)4-2;1-3-6(2,4)5/h1-2H3,(H2,4,5,6);1-2H3,(H,4,5);1-2H3;1-2H3;3-4H,1-2H3;3H,1-2H3. The van der Waals surface area contributed by atoms with Crippen molar-refractivity contribution in [3.8, 4) is 0 Å². The van der Waals surface area contributed by atoms with Crippen LogP contribution in [-0.4, -0.2) is 103 Å². The van der Waals surface area contributed by atoms with E-state index in [1.165, 1.54) is 63.2 Å². The molecule has 0 aliphatic heterocycles. The van der Waals surface area contributed by atoms with Crippen LogP contribution in [0.5, 0.6) is 0 Å². The van der Waals surface area contributed by atoms with E-state index in [2.05, 4.69) is 39.6 Å². The zero-order chi connectivity index (χ0) is 29.0. The molecule has 0 aromatic heterocycles. The third-order valence-corrected chi connectivity index (χ3v) is 3.86. The number of esters is 1. The molecule has 6 N–H and O–H groups in total. The van der Waals surface area contributed by atoms with Gasteiger partial charge >= 0.3 is 18.1 Å². The van der Waals surface area contributed by atoms with Gasteiger partial charge in [0.1, 0.15) is 5.78 Å². The second-order valence-corrected chi connectivity index (χ2v) is 8.84. The third-order valence-electron chi connectivity index (χ3n) is 2.04. The summed E-state index contributed by atoms with van der Waals surface area (Å²) in [5, 5.41) is 6.98. The molecule has 18 heteroatoms. The molecule has 0 aromatic carbocycles. The largest absolute Gasteiger partial charge is 0.469 e. The van der Waals surface area contributed by atoms with Crippen molar-refractivity contribution in [3.63, 3.8) is 0 Å². The number of Topliss-reactive ketones (excluding diaryl/α,β-unsaturated/α-hetero) is 1. The predicted octanol–water partition coefficient (Wildman–Crippen LogP) is -1.87. The second-order valence-electron chi connectivity index (χ2n) is 5.06. The van der Waals surface area contributed by atoms with Gasteiger partial charge in [-0.25, -0.2) is 32.2 Å². The molecule has 208 valence electrons. The van der Waals surface area contributed by atoms with Gasteiger partial charge in [-0.3, -0.25) is 4.79 Å². The van der Waals surface area contributed by atoms with Gasteiger partial charge in [0.15, 0.2) is 0 Å². The number of hydrogen-bond acceptors (Lipinski definition) is 10. The van der Waals surface area contributed by atoms with Gasteiger partial charge in [0.05, 0.1) is 20.5 Å². The molecule has 0 radical (unpaired) electrons. The predicted molar refractivity (Wildman–Crippen MR) is 130 cm³/mol. The first-order valence-electron chi connectivity index (χ1n) is 8.98. The summed E-state index contributed by atoms with van der Waals surface area (Å²) in [7, 11) is 5.29. The van der Waals surface area contributed by atoms with Crippen molar-refractivity contribution >= 4 is 44.1 Å². The Hall–Kier alpha value is -2.54. The highest BCUT2D eigenvalue weighted by Gasteiger charge is 1.96. The lowest BCUT2D eigenvalue weighted by molar-refractivity contribution is -0.138. The van der Waals surface area contributed by atoms with Gasteiger partial charge in [-0.05, 0) is 20.9 Å². The topological polar surface area (TPSA) is 227 Å². The summed E-state index contributed by atoms with van der Waals surface area (Å²) in [6.07, 6.45) is 0.697. The number of urea groups is 1. The highest BCUT2D eigenvalue weighted by Crippen LogP contribution is 1.64. The van der Waals surface area contributed by atoms with E-state index in [-0.39, 0.29) is 17.8 Å². The number of ether oxygens (including phenoxy) is 2. The Morgan fingerprint density at radius 3 is 0.882 bits per heavy atom. The van der Waals surface area contributed by atoms with Crippen molar-refractivity contribution in [2.24, 2.45) is 0 Å². The third kappa shape index (κ3) is 88.1. The summed E-state index contributed by atoms with van der Waals surface area (Å²) in [6.45, 7) is 4.42. The molecule has 0 heterocycles. The summed E-state index contributed by atoms with van der Waals surface area (Å²) in [5.74, 6) is -0.0787. The van der Waals surface area contributed by atoms with Crippen LogP contribution in [0.2, 0.25) is 0 Å². The maximum absolute atomic E-state index is 10.1. The number of carbonyl (C=O) groups is 4. The summed E-state index contributed by atoms with van der Waals surface area (Å²) in [6, 6.07) is -0.157. The summed E-state index contributed by atoms with van der Waals surface area (Å²) in [5.41, 5.74) is 0. The molecule has 0 fully saturated rings. The first-order valence-corrected chi connectivity index (χ1v) is 12.4. The van der Waals surface area contributed by atoms with Crippen LogP contribution in [-0.2, 0) is 39.3 Å². The minimum atomic E-state index is -3.16. The summed E-state index contributed by atoms with van der Waals surface area (Å²) >= 11 is 0. The molecule has 3 amide bonds. The van der Waals surface area contributed by atoms with Crippen LogP contribution in [0.3, 0.4) is 0 Å². The minimum absolute atomic E-state index is 0.157. The molecule has 0 saturated carbocycles. The van der Waals surface area contributed by atoms with E-state index >= 15 is 0 Å². The average Bonchev–Trinajstić information content (AvgIpc) is 2.78. The van der Waals surface area contributed by atoms with E-state index in [1.54, 1.807) is 14.1 Å². The van der Waals surface area contributed by atoms with Gasteiger partial charge in [0.2, 0.25) is 10.0 Å². The number of carbonyl (C=O) groups excluding carboxylic acids is 4. The number of sulfonamides is 1. The van der Waals surface area contributed by atoms with Gasteiger partial charge in [-0.15, -0.1) is 0 Å². The molecule has 0 unspecified atom stereocenters. The van der Waals surface area contributed by atoms with Gasteiger partial charge in [0.25, 0.3) is 10.2 Å². The van der Waals surface area contributed by atoms with Crippen LogP contribution < -0.4 is 30.1 Å². The van der Waals surface area contributed by atoms with Crippen LogP contribution in [0, 0.1) is 0 Å². The Kier molecular flexibility index (Phi) is 40.3. The molecule has 0 saturated heterocycles. The lowest BCUT2D eigenvalue weighted by atomic mass is 10.6. The highest BCUT2D eigenvalue weighted by molar-refractivity contribution is 7.88. The molecule has 0 rings (SSSR count). The molecular formula is C16H42N6O10S2. The molecule has 0 atom stereocenters. The van der Waals surface area contributed by atoms with E-state index < -0.39 is 26.3 Å². The van der Waals surface area contributed by atoms with Crippen molar-refractivity contribution < 1.29 is 45.5 Å². The lowest BCUT2D eigenvalue weighted by Gasteiger charge is -1.94. The van der Waals surface area contributed by atoms with E-state index in [9.17, 15) is 36.0 Å². The van der Waals surface area contributed by atoms with Gasteiger partial charge in [0, 0.05) is 42.2 Å². The monoisotopic (exact) mass is 542 g/mol. The number of methoxy groups -OCH3 is 2. The normalized spacial score (nSPS) is 8.71. The van der Waals surface area contributed by atoms with Crippen molar-refractivity contribution in [2.75, 3.05) is 62.8 Å². The fourth-order valence-corrected chi connectivity index (χ4v) is 0.533. The number of hydrogen-bond donors (Lipinski definition) is 6. The first-order chi connectivity index (χ1) is 15.3. The molecule has 0 aromatic rings. The minimum Gasteiger partial charge on any atom is -0.469 e. The summed E-state index contributed by atoms with van der Waals surface area (Å²) in [4.78, 5) is 38.8. The zero-order valence-electron chi connectivity index (χ0n) is 21.9. The van der Waals surface area contributed by atoms with Gasteiger partial charge < -0.3 is 30.2 Å². The Morgan fingerprint density at radius 1 is 0.618 bits per heavy atom. The van der Waals surface area contributed by atoms with Gasteiger partial charge in [-0.2, -0.15) is 8.42 Å². The smallest absolute Gasteiger partial charge is 0.406 e. The molecule has 0 aliphatic rings. The Bertz CT molecular complexity index is 687. The molecule has 0 aliphatic carbocycles. The maximum atomic E-state index is 10.1. The molecular weight excluding hydrogens is 500 g/mol. The van der Waals surface area contributed by atoms with E-state index in [4.69, 9.17) is 0 Å². The maximum Gasteiger partial charge on any atom is 0.406 e. The fourth-order valence-electron chi connectivity index (χ4n) is 0.329. The van der Waals surface area contributed by atoms with Crippen molar-refractivity contribution in [2.45, 2.75) is 20.8 Å². The zero-order valence-corrected chi connectivity index (χ0v) is 23.5. The van der Waals surface area contributed by atoms with Crippen LogP contribution in [0.1, 0.15) is 20.8 Å². The summed E-state index contributed by atoms with van der Waals surface area (Å²) < 4.78 is 54.5. The highest BCUT2D eigenvalue weighted by atomic mass is 32.2. The fraction of sp³-hybridized carbons (Fsp3) is 0.750. The lowest BCUT2D eigenvalue weighted by Crippen LogP contribution is -2.30. The van der Waals surface area contributed by atoms with E-state index in [1.807, 2.05) is 0 Å². The first kappa shape index (κ1) is 45.0. The average molecular weight is 543 g/mol. The number of ketones is 1. The van der Waals surface area contributed by atoms with Crippen molar-refractivity contribution in [1.82, 2.24) is 30.1 Å².